The van der Waals surface area contributed by atoms with Crippen LogP contribution in [0.15, 0.2) is 36.5 Å². The average molecular weight is 415 g/mol. The maximum Gasteiger partial charge on any atom is 0.315 e. The Kier molecular flexibility index (Phi) is 8.28. The molecule has 3 amide bonds. The van der Waals surface area contributed by atoms with Crippen LogP contribution in [0.3, 0.4) is 0 Å². The zero-order valence-corrected chi connectivity index (χ0v) is 17.8. The van der Waals surface area contributed by atoms with Crippen LogP contribution in [-0.4, -0.2) is 48.6 Å². The molecule has 0 saturated carbocycles. The molecular weight excluding hydrogens is 386 g/mol. The second-order valence-electron chi connectivity index (χ2n) is 6.93. The molecule has 2 rings (SSSR count). The molecule has 9 heteroatoms. The van der Waals surface area contributed by atoms with Gasteiger partial charge in [0, 0.05) is 25.3 Å². The van der Waals surface area contributed by atoms with Crippen molar-refractivity contribution in [1.29, 1.82) is 0 Å². The van der Waals surface area contributed by atoms with Crippen LogP contribution >= 0.6 is 0 Å². The Labute approximate surface area is 176 Å². The molecule has 0 bridgehead atoms. The van der Waals surface area contributed by atoms with E-state index in [0.717, 1.165) is 11.1 Å². The van der Waals surface area contributed by atoms with Gasteiger partial charge in [0.2, 0.25) is 5.91 Å². The van der Waals surface area contributed by atoms with E-state index >= 15 is 0 Å². The number of nitrogen functional groups attached to an aromatic ring is 1. The highest BCUT2D eigenvalue weighted by molar-refractivity contribution is 5.84. The smallest absolute Gasteiger partial charge is 0.315 e. The molecule has 0 aliphatic carbocycles. The summed E-state index contributed by atoms with van der Waals surface area (Å²) in [6.45, 7) is 4.40. The average Bonchev–Trinajstić information content (AvgIpc) is 2.74. The summed E-state index contributed by atoms with van der Waals surface area (Å²) in [6.07, 6.45) is 1.59. The van der Waals surface area contributed by atoms with Crippen LogP contribution in [0.25, 0.3) is 0 Å². The number of hydrogen-bond donors (Lipinski definition) is 3. The van der Waals surface area contributed by atoms with Crippen LogP contribution < -0.4 is 25.8 Å². The van der Waals surface area contributed by atoms with Crippen molar-refractivity contribution < 1.29 is 19.1 Å². The third-order valence-corrected chi connectivity index (χ3v) is 4.45. The van der Waals surface area contributed by atoms with E-state index in [2.05, 4.69) is 15.6 Å². The first kappa shape index (κ1) is 22.8. The second-order valence-corrected chi connectivity index (χ2v) is 6.93. The SMILES string of the molecule is COc1ccc(CN(C(=O)CNC(=O)NCc2ccc(N)nc2)C(C)C)cc1OC. The van der Waals surface area contributed by atoms with Crippen molar-refractivity contribution in [3.8, 4) is 11.5 Å². The number of carbonyl (C=O) groups is 2. The maximum atomic E-state index is 12.7. The number of aromatic nitrogens is 1. The maximum absolute atomic E-state index is 12.7. The summed E-state index contributed by atoms with van der Waals surface area (Å²) in [5.74, 6) is 1.44. The summed E-state index contributed by atoms with van der Waals surface area (Å²) in [4.78, 5) is 30.4. The first-order valence-corrected chi connectivity index (χ1v) is 9.56. The standard InChI is InChI=1S/C21H29N5O4/c1-14(2)26(13-15-5-7-17(29-3)18(9-15)30-4)20(27)12-25-21(28)24-11-16-6-8-19(22)23-10-16/h5-10,14H,11-13H2,1-4H3,(H2,22,23)(H2,24,25,28). The van der Waals surface area contributed by atoms with Crippen LogP contribution in [0.5, 0.6) is 11.5 Å². The Morgan fingerprint density at radius 3 is 2.37 bits per heavy atom. The monoisotopic (exact) mass is 415 g/mol. The molecule has 0 atom stereocenters. The number of carbonyl (C=O) groups excluding carboxylic acids is 2. The van der Waals surface area contributed by atoms with Crippen LogP contribution in [0.4, 0.5) is 10.6 Å². The Bertz CT molecular complexity index is 855. The fourth-order valence-electron chi connectivity index (χ4n) is 2.78. The number of methoxy groups -OCH3 is 2. The normalized spacial score (nSPS) is 10.4. The number of rotatable bonds is 9. The fraction of sp³-hybridized carbons (Fsp3) is 0.381. The molecule has 0 aliphatic rings. The summed E-state index contributed by atoms with van der Waals surface area (Å²) >= 11 is 0. The van der Waals surface area contributed by atoms with Crippen molar-refractivity contribution in [2.24, 2.45) is 0 Å². The minimum Gasteiger partial charge on any atom is -0.493 e. The number of nitrogens with two attached hydrogens (primary N) is 1. The van der Waals surface area contributed by atoms with E-state index in [1.807, 2.05) is 26.0 Å². The Hall–Kier alpha value is -3.49. The van der Waals surface area contributed by atoms with Crippen molar-refractivity contribution in [2.45, 2.75) is 33.0 Å². The first-order valence-electron chi connectivity index (χ1n) is 9.56. The Balaban J connectivity index is 1.90. The van der Waals surface area contributed by atoms with Gasteiger partial charge in [-0.3, -0.25) is 4.79 Å². The van der Waals surface area contributed by atoms with E-state index in [4.69, 9.17) is 15.2 Å². The number of urea groups is 1. The lowest BCUT2D eigenvalue weighted by atomic mass is 10.1. The van der Waals surface area contributed by atoms with Crippen LogP contribution in [0, 0.1) is 0 Å². The van der Waals surface area contributed by atoms with Crippen molar-refractivity contribution in [1.82, 2.24) is 20.5 Å². The van der Waals surface area contributed by atoms with Crippen molar-refractivity contribution in [3.05, 3.63) is 47.7 Å². The molecule has 0 saturated heterocycles. The largest absolute Gasteiger partial charge is 0.493 e. The number of pyridine rings is 1. The molecule has 162 valence electrons. The molecule has 1 aromatic carbocycles. The molecule has 0 unspecified atom stereocenters. The van der Waals surface area contributed by atoms with Gasteiger partial charge in [0.05, 0.1) is 20.8 Å². The van der Waals surface area contributed by atoms with Gasteiger partial charge in [-0.05, 0) is 43.2 Å². The second kappa shape index (κ2) is 10.9. The number of anilines is 1. The number of amides is 3. The van der Waals surface area contributed by atoms with Gasteiger partial charge < -0.3 is 30.7 Å². The van der Waals surface area contributed by atoms with Crippen LogP contribution in [-0.2, 0) is 17.9 Å². The van der Waals surface area contributed by atoms with Gasteiger partial charge in [-0.2, -0.15) is 0 Å². The van der Waals surface area contributed by atoms with Gasteiger partial charge >= 0.3 is 6.03 Å². The third kappa shape index (κ3) is 6.54. The molecule has 0 aliphatic heterocycles. The summed E-state index contributed by atoms with van der Waals surface area (Å²) in [5, 5.41) is 5.28. The van der Waals surface area contributed by atoms with E-state index in [-0.39, 0.29) is 25.0 Å². The quantitative estimate of drug-likeness (QED) is 0.576. The molecule has 1 heterocycles. The van der Waals surface area contributed by atoms with E-state index in [1.165, 1.54) is 0 Å². The van der Waals surface area contributed by atoms with Gasteiger partial charge in [-0.15, -0.1) is 0 Å². The number of nitrogens with one attached hydrogen (secondary N) is 2. The molecule has 0 fully saturated rings. The summed E-state index contributed by atoms with van der Waals surface area (Å²) in [6, 6.07) is 8.47. The van der Waals surface area contributed by atoms with Gasteiger partial charge in [-0.25, -0.2) is 9.78 Å². The lowest BCUT2D eigenvalue weighted by Gasteiger charge is -2.27. The Morgan fingerprint density at radius 2 is 1.77 bits per heavy atom. The van der Waals surface area contributed by atoms with E-state index < -0.39 is 6.03 Å². The minimum absolute atomic E-state index is 0.0451. The van der Waals surface area contributed by atoms with Crippen LogP contribution in [0.1, 0.15) is 25.0 Å². The van der Waals surface area contributed by atoms with Crippen molar-refractivity contribution in [2.75, 3.05) is 26.5 Å². The minimum atomic E-state index is -0.435. The van der Waals surface area contributed by atoms with Gasteiger partial charge in [-0.1, -0.05) is 12.1 Å². The summed E-state index contributed by atoms with van der Waals surface area (Å²) in [5.41, 5.74) is 7.24. The fourth-order valence-corrected chi connectivity index (χ4v) is 2.78. The molecule has 0 spiro atoms. The van der Waals surface area contributed by atoms with Gasteiger partial charge in [0.15, 0.2) is 11.5 Å². The summed E-state index contributed by atoms with van der Waals surface area (Å²) in [7, 11) is 3.14. The number of benzene rings is 1. The zero-order chi connectivity index (χ0) is 22.1. The number of ether oxygens (including phenoxy) is 2. The third-order valence-electron chi connectivity index (χ3n) is 4.45. The summed E-state index contributed by atoms with van der Waals surface area (Å²) < 4.78 is 10.6. The predicted molar refractivity (Wildman–Crippen MR) is 114 cm³/mol. The zero-order valence-electron chi connectivity index (χ0n) is 17.8. The van der Waals surface area contributed by atoms with Crippen LogP contribution in [0.2, 0.25) is 0 Å². The molecule has 9 nitrogen and oxygen atoms in total. The molecule has 0 radical (unpaired) electrons. The lowest BCUT2D eigenvalue weighted by Crippen LogP contribution is -2.45. The van der Waals surface area contributed by atoms with Crippen molar-refractivity contribution >= 4 is 17.8 Å². The van der Waals surface area contributed by atoms with Gasteiger partial charge in [0.25, 0.3) is 0 Å². The highest BCUT2D eigenvalue weighted by atomic mass is 16.5. The molecule has 30 heavy (non-hydrogen) atoms. The molecular formula is C21H29N5O4. The van der Waals surface area contributed by atoms with Gasteiger partial charge in [0.1, 0.15) is 5.82 Å². The first-order chi connectivity index (χ1) is 14.3. The molecule has 1 aromatic heterocycles. The predicted octanol–water partition coefficient (Wildman–Crippen LogP) is 1.92. The highest BCUT2D eigenvalue weighted by Gasteiger charge is 2.19. The van der Waals surface area contributed by atoms with E-state index in [9.17, 15) is 9.59 Å². The molecule has 2 aromatic rings. The number of nitrogens with zero attached hydrogens (tertiary/aromatic N) is 2. The molecule has 4 N–H and O–H groups in total. The lowest BCUT2D eigenvalue weighted by molar-refractivity contribution is -0.132. The topological polar surface area (TPSA) is 119 Å². The Morgan fingerprint density at radius 1 is 1.07 bits per heavy atom. The van der Waals surface area contributed by atoms with E-state index in [1.54, 1.807) is 43.5 Å². The number of hydrogen-bond acceptors (Lipinski definition) is 6. The van der Waals surface area contributed by atoms with Crippen molar-refractivity contribution in [3.63, 3.8) is 0 Å². The highest BCUT2D eigenvalue weighted by Crippen LogP contribution is 2.28. The van der Waals surface area contributed by atoms with E-state index in [0.29, 0.717) is 23.9 Å².